The monoisotopic (exact) mass is 403 g/mol. The number of carbonyl (C=O) groups excluding carboxylic acids is 3. The quantitative estimate of drug-likeness (QED) is 0.571. The summed E-state index contributed by atoms with van der Waals surface area (Å²) in [5.74, 6) is -0.205. The van der Waals surface area contributed by atoms with Crippen LogP contribution >= 0.6 is 39.0 Å². The highest BCUT2D eigenvalue weighted by Crippen LogP contribution is 2.47. The van der Waals surface area contributed by atoms with Crippen molar-refractivity contribution < 1.29 is 19.1 Å². The van der Waals surface area contributed by atoms with Crippen molar-refractivity contribution in [2.45, 2.75) is 30.7 Å². The SMILES string of the molecule is C[C@@]12CCC(=O)N1[C@H](C(=O)OCC(=O)c1ccc(Br)s1)CS2. The molecule has 1 amide bonds. The van der Waals surface area contributed by atoms with Crippen LogP contribution in [0.5, 0.6) is 0 Å². The standard InChI is InChI=1S/C14H14BrNO4S2/c1-14-5-4-12(18)16(14)8(7-21-14)13(19)20-6-9(17)10-2-3-11(15)22-10/h2-3,8H,4-7H2,1H3/t8-,14+/m0/s1. The van der Waals surface area contributed by atoms with Crippen molar-refractivity contribution in [2.24, 2.45) is 0 Å². The zero-order chi connectivity index (χ0) is 15.9. The maximum Gasteiger partial charge on any atom is 0.330 e. The molecule has 2 aliphatic heterocycles. The zero-order valence-corrected chi connectivity index (χ0v) is 15.1. The predicted octanol–water partition coefficient (Wildman–Crippen LogP) is 2.69. The molecule has 3 rings (SSSR count). The average Bonchev–Trinajstić information content (AvgIpc) is 3.13. The van der Waals surface area contributed by atoms with E-state index in [9.17, 15) is 14.4 Å². The molecule has 0 aromatic carbocycles. The van der Waals surface area contributed by atoms with Gasteiger partial charge in [0.25, 0.3) is 0 Å². The summed E-state index contributed by atoms with van der Waals surface area (Å²) in [4.78, 5) is 38.0. The molecule has 2 atom stereocenters. The Morgan fingerprint density at radius 2 is 2.27 bits per heavy atom. The second-order valence-corrected chi connectivity index (χ2v) is 9.36. The fraction of sp³-hybridized carbons (Fsp3) is 0.500. The Morgan fingerprint density at radius 3 is 2.95 bits per heavy atom. The minimum Gasteiger partial charge on any atom is -0.456 e. The van der Waals surface area contributed by atoms with Crippen LogP contribution in [-0.2, 0) is 14.3 Å². The Kier molecular flexibility index (Phi) is 4.35. The van der Waals surface area contributed by atoms with E-state index in [0.29, 0.717) is 17.1 Å². The van der Waals surface area contributed by atoms with Crippen LogP contribution in [0.15, 0.2) is 15.9 Å². The van der Waals surface area contributed by atoms with E-state index in [2.05, 4.69) is 15.9 Å². The van der Waals surface area contributed by atoms with Gasteiger partial charge in [-0.15, -0.1) is 23.1 Å². The highest BCUT2D eigenvalue weighted by molar-refractivity contribution is 9.11. The van der Waals surface area contributed by atoms with E-state index >= 15 is 0 Å². The van der Waals surface area contributed by atoms with Crippen LogP contribution in [0, 0.1) is 0 Å². The number of amides is 1. The summed E-state index contributed by atoms with van der Waals surface area (Å²) in [5, 5.41) is 0. The summed E-state index contributed by atoms with van der Waals surface area (Å²) in [6.07, 6.45) is 1.22. The van der Waals surface area contributed by atoms with Crippen molar-refractivity contribution in [3.8, 4) is 0 Å². The van der Waals surface area contributed by atoms with Gasteiger partial charge in [-0.05, 0) is 41.4 Å². The molecule has 0 unspecified atom stereocenters. The summed E-state index contributed by atoms with van der Waals surface area (Å²) in [7, 11) is 0. The first-order valence-corrected chi connectivity index (χ1v) is 9.41. The molecule has 1 aromatic rings. The molecule has 0 bridgehead atoms. The highest BCUT2D eigenvalue weighted by Gasteiger charge is 2.53. The molecule has 8 heteroatoms. The molecule has 0 N–H and O–H groups in total. The Morgan fingerprint density at radius 1 is 1.50 bits per heavy atom. The number of ether oxygens (including phenoxy) is 1. The van der Waals surface area contributed by atoms with Gasteiger partial charge in [-0.3, -0.25) is 9.59 Å². The van der Waals surface area contributed by atoms with Crippen molar-refractivity contribution in [3.05, 3.63) is 20.8 Å². The number of thiophene rings is 1. The summed E-state index contributed by atoms with van der Waals surface area (Å²) < 4.78 is 6.00. The third-order valence-corrected chi connectivity index (χ3v) is 7.08. The number of hydrogen-bond donors (Lipinski definition) is 0. The molecule has 2 saturated heterocycles. The second-order valence-electron chi connectivity index (χ2n) is 5.40. The van der Waals surface area contributed by atoms with Crippen LogP contribution in [0.3, 0.4) is 0 Å². The fourth-order valence-corrected chi connectivity index (χ4v) is 5.49. The fourth-order valence-electron chi connectivity index (χ4n) is 2.76. The molecule has 1 aromatic heterocycles. The molecule has 0 aliphatic carbocycles. The summed E-state index contributed by atoms with van der Waals surface area (Å²) in [6, 6.07) is 2.90. The first-order valence-electron chi connectivity index (χ1n) is 6.82. The number of rotatable bonds is 4. The van der Waals surface area contributed by atoms with E-state index in [-0.39, 0.29) is 23.2 Å². The lowest BCUT2D eigenvalue weighted by atomic mass is 10.2. The van der Waals surface area contributed by atoms with Gasteiger partial charge in [-0.1, -0.05) is 0 Å². The Hall–Kier alpha value is -0.860. The van der Waals surface area contributed by atoms with Gasteiger partial charge in [0.1, 0.15) is 6.04 Å². The third-order valence-electron chi connectivity index (χ3n) is 3.91. The van der Waals surface area contributed by atoms with Gasteiger partial charge in [0, 0.05) is 12.2 Å². The van der Waals surface area contributed by atoms with Gasteiger partial charge in [-0.2, -0.15) is 0 Å². The molecule has 2 aliphatic rings. The number of thioether (sulfide) groups is 1. The number of carbonyl (C=O) groups is 3. The molecule has 3 heterocycles. The van der Waals surface area contributed by atoms with Crippen molar-refractivity contribution in [1.82, 2.24) is 4.90 Å². The number of nitrogens with zero attached hydrogens (tertiary/aromatic N) is 1. The van der Waals surface area contributed by atoms with Crippen LogP contribution in [0.1, 0.15) is 29.4 Å². The number of ketones is 1. The molecule has 0 saturated carbocycles. The van der Waals surface area contributed by atoms with Gasteiger partial charge in [-0.25, -0.2) is 4.79 Å². The Balaban J connectivity index is 1.61. The molecular weight excluding hydrogens is 390 g/mol. The Bertz CT molecular complexity index is 647. The van der Waals surface area contributed by atoms with E-state index in [1.165, 1.54) is 11.3 Å². The number of halogens is 1. The minimum absolute atomic E-state index is 0.0111. The molecular formula is C14H14BrNO4S2. The average molecular weight is 404 g/mol. The Labute approximate surface area is 144 Å². The number of hydrogen-bond acceptors (Lipinski definition) is 6. The smallest absolute Gasteiger partial charge is 0.330 e. The molecule has 22 heavy (non-hydrogen) atoms. The van der Waals surface area contributed by atoms with E-state index in [1.54, 1.807) is 28.8 Å². The molecule has 118 valence electrons. The second kappa shape index (κ2) is 5.98. The van der Waals surface area contributed by atoms with E-state index in [1.807, 2.05) is 6.92 Å². The van der Waals surface area contributed by atoms with Crippen LogP contribution in [-0.4, -0.2) is 45.8 Å². The summed E-state index contributed by atoms with van der Waals surface area (Å²) in [5.41, 5.74) is 0. The molecule has 0 radical (unpaired) electrons. The third kappa shape index (κ3) is 2.83. The predicted molar refractivity (Wildman–Crippen MR) is 88.0 cm³/mol. The normalized spacial score (nSPS) is 27.1. The zero-order valence-electron chi connectivity index (χ0n) is 11.8. The van der Waals surface area contributed by atoms with E-state index in [4.69, 9.17) is 4.74 Å². The topological polar surface area (TPSA) is 63.7 Å². The molecule has 0 spiro atoms. The maximum atomic E-state index is 12.2. The number of esters is 1. The summed E-state index contributed by atoms with van der Waals surface area (Å²) >= 11 is 6.20. The lowest BCUT2D eigenvalue weighted by molar-refractivity contribution is -0.152. The van der Waals surface area contributed by atoms with Crippen molar-refractivity contribution in [2.75, 3.05) is 12.4 Å². The lowest BCUT2D eigenvalue weighted by Gasteiger charge is -2.29. The van der Waals surface area contributed by atoms with Crippen molar-refractivity contribution in [1.29, 1.82) is 0 Å². The van der Waals surface area contributed by atoms with E-state index in [0.717, 1.165) is 10.2 Å². The summed E-state index contributed by atoms with van der Waals surface area (Å²) in [6.45, 7) is 1.69. The maximum absolute atomic E-state index is 12.2. The van der Waals surface area contributed by atoms with Crippen LogP contribution in [0.25, 0.3) is 0 Å². The first-order chi connectivity index (χ1) is 10.4. The van der Waals surface area contributed by atoms with Gasteiger partial charge in [0.2, 0.25) is 11.7 Å². The van der Waals surface area contributed by atoms with Crippen LogP contribution < -0.4 is 0 Å². The minimum atomic E-state index is -0.576. The lowest BCUT2D eigenvalue weighted by Crippen LogP contribution is -2.46. The van der Waals surface area contributed by atoms with Crippen LogP contribution in [0.4, 0.5) is 0 Å². The first kappa shape index (κ1) is 16.0. The largest absolute Gasteiger partial charge is 0.456 e. The highest BCUT2D eigenvalue weighted by atomic mass is 79.9. The van der Waals surface area contributed by atoms with Crippen molar-refractivity contribution in [3.63, 3.8) is 0 Å². The number of fused-ring (bicyclic) bond motifs is 1. The van der Waals surface area contributed by atoms with Gasteiger partial charge in [0.15, 0.2) is 6.61 Å². The molecule has 2 fully saturated rings. The van der Waals surface area contributed by atoms with Crippen LogP contribution in [0.2, 0.25) is 0 Å². The van der Waals surface area contributed by atoms with E-state index < -0.39 is 12.0 Å². The van der Waals surface area contributed by atoms with Gasteiger partial charge >= 0.3 is 5.97 Å². The van der Waals surface area contributed by atoms with Gasteiger partial charge < -0.3 is 9.64 Å². The molecule has 5 nitrogen and oxygen atoms in total. The number of Topliss-reactive ketones (excluding diaryl/α,β-unsaturated/α-hetero) is 1. The van der Waals surface area contributed by atoms with Gasteiger partial charge in [0.05, 0.1) is 13.5 Å². The van der Waals surface area contributed by atoms with Crippen molar-refractivity contribution >= 4 is 56.7 Å².